The van der Waals surface area contributed by atoms with Crippen molar-refractivity contribution in [1.29, 1.82) is 0 Å². The summed E-state index contributed by atoms with van der Waals surface area (Å²) in [7, 11) is -3.24. The molecule has 0 spiro atoms. The lowest BCUT2D eigenvalue weighted by atomic mass is 9.77. The molecule has 4 atom stereocenters. The van der Waals surface area contributed by atoms with Crippen LogP contribution in [0.3, 0.4) is 0 Å². The Hall–Kier alpha value is -13.5. The minimum absolute atomic E-state index is 0.0521. The zero-order valence-corrected chi connectivity index (χ0v) is 85.3. The molecule has 3 aliphatic rings. The molecule has 0 amide bonds. The second kappa shape index (κ2) is 51.1. The maximum Gasteiger partial charge on any atom is 0.488 e. The van der Waals surface area contributed by atoms with Gasteiger partial charge in [0.05, 0.1) is 8.95 Å². The Bertz CT molecular complexity index is 6620. The number of hydrogen-bond donors (Lipinski definition) is 23. The number of halogens is 2. The maximum atomic E-state index is 11.7. The minimum atomic E-state index is -1.63. The van der Waals surface area contributed by atoms with Crippen molar-refractivity contribution in [3.05, 3.63) is 308 Å². The average Bonchev–Trinajstić information content (AvgIpc) is 0.808. The van der Waals surface area contributed by atoms with Crippen molar-refractivity contribution in [3.8, 4) is 132 Å². The molecule has 144 heavy (non-hydrogen) atoms. The second-order valence-electron chi connectivity index (χ2n) is 36.9. The standard InChI is InChI=1S/C43H65BO6.C32H32O8.C19H15BBr2O6.C19H12O5.C2H6/c1-3-5-7-9-11-13-15-17-19-21-23-34-29-37(41(47)31-39(34)45)43(33-25-27-36(28-26-33)44(49)50)38-30-35(40(46)32-42(38)48)24-22-20-18-16-14-12-10-8-6-4-2;1-13-18-7-19(26(35)10-25(18)34)14(2)21-9-23(30(39)12-28(21)37)16(4)32-24(5-17(33)6-31(32)40)15(3)22-8-20(13)27(36)11-29(22)38;21-13-5-11(15(23)7-17(13)25)19(9-1-3-10(4-2-9)20(27)28)12-6-14(22)18(26)8-16(12)24;20-13-6-11-17(8-15(13)22)24-18-9-16(23)14(21)7-12(18)19(11)10-4-2-1-3-5-10;1-2/h25-32,43,45-50H,3-24H2,1-2H3;5-16,33-40H,1-4H3;1-8,19,23-28H;1-9,20-22H;1-2H3. The van der Waals surface area contributed by atoms with E-state index in [9.17, 15) is 122 Å². The zero-order chi connectivity index (χ0) is 105. The fourth-order valence-electron chi connectivity index (χ4n) is 19.0. The molecule has 23 N–H and O–H groups in total. The predicted octanol–water partition coefficient (Wildman–Crippen LogP) is 24.1. The van der Waals surface area contributed by atoms with Gasteiger partial charge < -0.3 is 122 Å². The van der Waals surface area contributed by atoms with Crippen LogP contribution in [0.25, 0.3) is 33.4 Å². The number of fused-ring (bicyclic) bond motifs is 9. The van der Waals surface area contributed by atoms with E-state index in [2.05, 4.69) is 45.7 Å². The first-order valence-corrected chi connectivity index (χ1v) is 50.8. The third kappa shape index (κ3) is 26.9. The number of phenols is 19. The highest BCUT2D eigenvalue weighted by atomic mass is 79.9. The number of aromatic hydroxyl groups is 19. The monoisotopic (exact) mass is 2090 g/mol. The number of aryl methyl sites for hydroxylation is 2. The van der Waals surface area contributed by atoms with Crippen LogP contribution in [0.1, 0.15) is 308 Å². The summed E-state index contributed by atoms with van der Waals surface area (Å²) in [6, 6.07) is 50.8. The summed E-state index contributed by atoms with van der Waals surface area (Å²) in [5, 5.41) is 239. The van der Waals surface area contributed by atoms with E-state index in [1.807, 2.05) is 56.3 Å². The van der Waals surface area contributed by atoms with Gasteiger partial charge in [-0.1, -0.05) is 250 Å². The van der Waals surface area contributed by atoms with Crippen LogP contribution in [0.15, 0.2) is 218 Å². The molecule has 12 aromatic carbocycles. The lowest BCUT2D eigenvalue weighted by molar-refractivity contribution is 0.404. The third-order valence-electron chi connectivity index (χ3n) is 27.0. The fraction of sp³-hybridized carbons (Fsp3) is 0.313. The normalized spacial score (nSPS) is 13.7. The highest BCUT2D eigenvalue weighted by molar-refractivity contribution is 9.11. The summed E-state index contributed by atoms with van der Waals surface area (Å²) in [5.74, 6) is -6.81. The van der Waals surface area contributed by atoms with Gasteiger partial charge in [0.15, 0.2) is 17.2 Å². The van der Waals surface area contributed by atoms with Crippen molar-refractivity contribution in [1.82, 2.24) is 0 Å². The molecule has 0 saturated heterocycles. The van der Waals surface area contributed by atoms with Gasteiger partial charge in [-0.15, -0.1) is 0 Å². The molecule has 0 aromatic heterocycles. The van der Waals surface area contributed by atoms with E-state index in [1.54, 1.807) is 82.3 Å². The first kappa shape index (κ1) is 111. The Morgan fingerprint density at radius 2 is 0.639 bits per heavy atom. The molecule has 6 bridgehead atoms. The third-order valence-corrected chi connectivity index (χ3v) is 28.3. The van der Waals surface area contributed by atoms with Gasteiger partial charge in [0.2, 0.25) is 5.43 Å². The average molecular weight is 2090 g/mol. The zero-order valence-electron chi connectivity index (χ0n) is 82.1. The van der Waals surface area contributed by atoms with Gasteiger partial charge >= 0.3 is 14.2 Å². The molecule has 4 unspecified atom stereocenters. The van der Waals surface area contributed by atoms with Crippen molar-refractivity contribution in [2.75, 3.05) is 0 Å². The van der Waals surface area contributed by atoms with Crippen molar-refractivity contribution < 1.29 is 122 Å². The molecule has 15 rings (SSSR count). The summed E-state index contributed by atoms with van der Waals surface area (Å²) >= 11 is 6.46. The van der Waals surface area contributed by atoms with E-state index >= 15 is 0 Å². The van der Waals surface area contributed by atoms with Gasteiger partial charge in [-0.25, -0.2) is 0 Å². The molecule has 1 heterocycles. The summed E-state index contributed by atoms with van der Waals surface area (Å²) < 4.78 is 6.40. The first-order chi connectivity index (χ1) is 68.8. The maximum absolute atomic E-state index is 11.7. The fourth-order valence-corrected chi connectivity index (χ4v) is 19.7. The second-order valence-corrected chi connectivity index (χ2v) is 38.6. The summed E-state index contributed by atoms with van der Waals surface area (Å²) in [6.45, 7) is 15.6. The van der Waals surface area contributed by atoms with Gasteiger partial charge in [-0.3, -0.25) is 4.79 Å². The van der Waals surface area contributed by atoms with E-state index < -0.39 is 55.2 Å². The molecular weight excluding hydrogens is 1960 g/mol. The van der Waals surface area contributed by atoms with Gasteiger partial charge in [0, 0.05) is 174 Å². The molecular formula is C115H130B2Br2O25. The van der Waals surface area contributed by atoms with Crippen LogP contribution in [0.5, 0.6) is 109 Å². The summed E-state index contributed by atoms with van der Waals surface area (Å²) in [5.41, 5.74) is 10.4. The summed E-state index contributed by atoms with van der Waals surface area (Å²) in [6.07, 6.45) is 25.7. The number of benzene rings is 13. The van der Waals surface area contributed by atoms with Crippen LogP contribution < -0.4 is 16.4 Å². The number of unbranched alkanes of at least 4 members (excludes halogenated alkanes) is 18. The lowest BCUT2D eigenvalue weighted by Crippen LogP contribution is -2.29. The number of phenolic OH excluding ortho intramolecular Hbond substituents is 19. The summed E-state index contributed by atoms with van der Waals surface area (Å²) in [4.78, 5) is 11.7. The Morgan fingerprint density at radius 1 is 0.306 bits per heavy atom. The Kier molecular flexibility index (Phi) is 39.3. The van der Waals surface area contributed by atoms with Crippen molar-refractivity contribution in [2.45, 2.75) is 232 Å². The van der Waals surface area contributed by atoms with E-state index in [-0.39, 0.29) is 120 Å². The topological polar surface area (TPSA) is 496 Å². The lowest BCUT2D eigenvalue weighted by Gasteiger charge is -2.25. The predicted molar refractivity (Wildman–Crippen MR) is 570 cm³/mol. The molecule has 2 aliphatic carbocycles. The molecule has 760 valence electrons. The van der Waals surface area contributed by atoms with Crippen LogP contribution in [-0.4, -0.2) is 131 Å². The van der Waals surface area contributed by atoms with E-state index in [1.165, 1.54) is 193 Å². The van der Waals surface area contributed by atoms with Gasteiger partial charge in [-0.2, -0.15) is 0 Å². The van der Waals surface area contributed by atoms with Crippen LogP contribution in [0, 0.1) is 0 Å². The van der Waals surface area contributed by atoms with Crippen molar-refractivity contribution in [2.24, 2.45) is 0 Å². The van der Waals surface area contributed by atoms with Gasteiger partial charge in [-0.05, 0) is 163 Å². The van der Waals surface area contributed by atoms with Crippen LogP contribution in [0.2, 0.25) is 0 Å². The Labute approximate surface area is 856 Å². The smallest absolute Gasteiger partial charge is 0.488 e. The number of hydrogen-bond acceptors (Lipinski definition) is 25. The molecule has 0 saturated carbocycles. The first-order valence-electron chi connectivity index (χ1n) is 49.2. The van der Waals surface area contributed by atoms with E-state index in [0.29, 0.717) is 122 Å². The molecule has 1 aliphatic heterocycles. The highest BCUT2D eigenvalue weighted by Crippen LogP contribution is 2.54. The van der Waals surface area contributed by atoms with Crippen LogP contribution in [-0.2, 0) is 12.8 Å². The molecule has 0 fully saturated rings. The molecule has 12 aromatic rings. The Morgan fingerprint density at radius 3 is 1.01 bits per heavy atom. The Balaban J connectivity index is 0.000000188. The quantitative estimate of drug-likeness (QED) is 0.00631. The van der Waals surface area contributed by atoms with Gasteiger partial charge in [0.1, 0.15) is 103 Å². The molecule has 25 nitrogen and oxygen atoms in total. The molecule has 29 heteroatoms. The van der Waals surface area contributed by atoms with E-state index in [0.717, 1.165) is 60.8 Å². The number of rotatable bonds is 31. The highest BCUT2D eigenvalue weighted by Gasteiger charge is 2.34. The van der Waals surface area contributed by atoms with E-state index in [4.69, 9.17) is 4.42 Å². The van der Waals surface area contributed by atoms with Crippen LogP contribution in [0.4, 0.5) is 0 Å². The van der Waals surface area contributed by atoms with Crippen molar-refractivity contribution in [3.63, 3.8) is 0 Å². The molecule has 0 radical (unpaired) electrons. The van der Waals surface area contributed by atoms with Gasteiger partial charge in [0.25, 0.3) is 0 Å². The largest absolute Gasteiger partial charge is 0.508 e. The van der Waals surface area contributed by atoms with Crippen LogP contribution >= 0.6 is 31.9 Å². The minimum Gasteiger partial charge on any atom is -0.508 e. The SMILES string of the molecule is CC.CC1c2cc(c(O)cc2O)C(C)c2cc(c(O)cc2O)C(C)c2c(O)cc(O)cc2C(C)c2cc1c(O)cc2O.CCCCCCCCCCCCc1cc(C(c2ccc(B(O)O)cc2)c2cc(CCCCCCCCCCCC)c(O)cc2O)c(O)cc1O.O=c1cc2oc3cc(O)c(O)cc3c(-c3ccccc3)c-2cc1O.OB(O)c1ccc(C(c2cc(Br)c(O)cc2O)c2cc(Br)c(O)cc2O)cc1. The van der Waals surface area contributed by atoms with Crippen molar-refractivity contribution >= 4 is 68.0 Å².